The molecule has 1 atom stereocenters. The topological polar surface area (TPSA) is 95.1 Å². The zero-order chi connectivity index (χ0) is 13.1. The van der Waals surface area contributed by atoms with Crippen molar-refractivity contribution in [1.82, 2.24) is 15.3 Å². The number of carboxylic acid groups (broad SMARTS) is 1. The number of aromatic amines is 1. The molecule has 6 nitrogen and oxygen atoms in total. The predicted octanol–water partition coefficient (Wildman–Crippen LogP) is 0.0839. The number of H-pyrrole nitrogens is 1. The molecule has 0 bridgehead atoms. The van der Waals surface area contributed by atoms with Gasteiger partial charge in [-0.25, -0.2) is 9.78 Å². The van der Waals surface area contributed by atoms with Crippen LogP contribution in [-0.2, 0) is 16.0 Å². The number of rotatable bonds is 4. The number of alkyl halides is 3. The van der Waals surface area contributed by atoms with Gasteiger partial charge in [0.25, 0.3) is 0 Å². The lowest BCUT2D eigenvalue weighted by atomic mass is 10.1. The van der Waals surface area contributed by atoms with Gasteiger partial charge in [-0.05, 0) is 0 Å². The van der Waals surface area contributed by atoms with E-state index < -0.39 is 24.1 Å². The SMILES string of the molecule is O=C(O)[C@H](Cc1cnc[nH]1)NC(=O)C(F)(F)F. The first kappa shape index (κ1) is 13.0. The number of hydrogen-bond donors (Lipinski definition) is 3. The average Bonchev–Trinajstić information content (AvgIpc) is 2.67. The van der Waals surface area contributed by atoms with Crippen LogP contribution in [0.2, 0.25) is 0 Å². The molecule has 1 heterocycles. The number of imidazole rings is 1. The second-order valence-corrected chi connectivity index (χ2v) is 3.14. The highest BCUT2D eigenvalue weighted by Gasteiger charge is 2.40. The second-order valence-electron chi connectivity index (χ2n) is 3.14. The van der Waals surface area contributed by atoms with Crippen LogP contribution in [0.25, 0.3) is 0 Å². The van der Waals surface area contributed by atoms with E-state index in [0.717, 1.165) is 0 Å². The summed E-state index contributed by atoms with van der Waals surface area (Å²) in [6.07, 6.45) is -2.91. The van der Waals surface area contributed by atoms with Crippen molar-refractivity contribution in [2.24, 2.45) is 0 Å². The number of nitrogens with zero attached hydrogens (tertiary/aromatic N) is 1. The third kappa shape index (κ3) is 3.78. The van der Waals surface area contributed by atoms with Crippen molar-refractivity contribution in [3.8, 4) is 0 Å². The molecule has 0 aliphatic rings. The normalized spacial score (nSPS) is 13.1. The molecule has 1 aromatic heterocycles. The number of amides is 1. The third-order valence-corrected chi connectivity index (χ3v) is 1.84. The summed E-state index contributed by atoms with van der Waals surface area (Å²) < 4.78 is 35.8. The Bertz CT molecular complexity index is 402. The molecule has 0 radical (unpaired) electrons. The lowest BCUT2D eigenvalue weighted by Crippen LogP contribution is -2.47. The summed E-state index contributed by atoms with van der Waals surface area (Å²) in [5.41, 5.74) is 0.305. The number of aromatic nitrogens is 2. The van der Waals surface area contributed by atoms with Gasteiger partial charge in [0, 0.05) is 18.3 Å². The monoisotopic (exact) mass is 251 g/mol. The quantitative estimate of drug-likeness (QED) is 0.706. The Kier molecular flexibility index (Phi) is 3.71. The number of carbonyl (C=O) groups excluding carboxylic acids is 1. The van der Waals surface area contributed by atoms with E-state index in [9.17, 15) is 22.8 Å². The van der Waals surface area contributed by atoms with E-state index in [1.807, 2.05) is 0 Å². The molecule has 0 aromatic carbocycles. The number of halogens is 3. The zero-order valence-electron chi connectivity index (χ0n) is 8.28. The first-order chi connectivity index (χ1) is 7.80. The molecule has 1 rings (SSSR count). The van der Waals surface area contributed by atoms with Crippen LogP contribution < -0.4 is 5.32 Å². The summed E-state index contributed by atoms with van der Waals surface area (Å²) in [5.74, 6) is -3.85. The molecule has 94 valence electrons. The van der Waals surface area contributed by atoms with Gasteiger partial charge in [0.05, 0.1) is 6.33 Å². The van der Waals surface area contributed by atoms with Crippen molar-refractivity contribution < 1.29 is 27.9 Å². The molecule has 0 saturated heterocycles. The summed E-state index contributed by atoms with van der Waals surface area (Å²) >= 11 is 0. The summed E-state index contributed by atoms with van der Waals surface area (Å²) in [6.45, 7) is 0. The predicted molar refractivity (Wildman–Crippen MR) is 47.9 cm³/mol. The van der Waals surface area contributed by atoms with E-state index in [4.69, 9.17) is 5.11 Å². The Balaban J connectivity index is 2.68. The van der Waals surface area contributed by atoms with Crippen LogP contribution in [0.5, 0.6) is 0 Å². The van der Waals surface area contributed by atoms with Crippen molar-refractivity contribution in [1.29, 1.82) is 0 Å². The van der Waals surface area contributed by atoms with Crippen molar-refractivity contribution in [3.63, 3.8) is 0 Å². The molecule has 1 amide bonds. The minimum Gasteiger partial charge on any atom is -0.480 e. The van der Waals surface area contributed by atoms with Gasteiger partial charge in [0.2, 0.25) is 0 Å². The molecule has 3 N–H and O–H groups in total. The van der Waals surface area contributed by atoms with Crippen molar-refractivity contribution in [3.05, 3.63) is 18.2 Å². The van der Waals surface area contributed by atoms with E-state index in [0.29, 0.717) is 5.69 Å². The largest absolute Gasteiger partial charge is 0.480 e. The number of carboxylic acids is 1. The molecule has 9 heteroatoms. The van der Waals surface area contributed by atoms with E-state index in [1.54, 1.807) is 0 Å². The summed E-state index contributed by atoms with van der Waals surface area (Å²) in [5, 5.41) is 10.1. The maximum absolute atomic E-state index is 11.9. The van der Waals surface area contributed by atoms with Crippen molar-refractivity contribution in [2.45, 2.75) is 18.6 Å². The fourth-order valence-electron chi connectivity index (χ4n) is 1.06. The molecular formula is C8H8F3N3O3. The molecule has 0 unspecified atom stereocenters. The highest BCUT2D eigenvalue weighted by atomic mass is 19.4. The molecule has 0 spiro atoms. The Morgan fingerprint density at radius 1 is 1.53 bits per heavy atom. The molecule has 0 saturated carbocycles. The van der Waals surface area contributed by atoms with Gasteiger partial charge in [-0.1, -0.05) is 0 Å². The number of nitrogens with one attached hydrogen (secondary N) is 2. The summed E-state index contributed by atoms with van der Waals surface area (Å²) in [6, 6.07) is -1.66. The Labute approximate surface area is 92.8 Å². The molecule has 0 fully saturated rings. The van der Waals surface area contributed by atoms with Gasteiger partial charge >= 0.3 is 18.1 Å². The number of carbonyl (C=O) groups is 2. The smallest absolute Gasteiger partial charge is 0.471 e. The average molecular weight is 251 g/mol. The maximum Gasteiger partial charge on any atom is 0.471 e. The Morgan fingerprint density at radius 2 is 2.18 bits per heavy atom. The standard InChI is InChI=1S/C8H8F3N3O3/c9-8(10,11)7(17)14-5(6(15)16)1-4-2-12-3-13-4/h2-3,5H,1H2,(H,12,13)(H,14,17)(H,15,16)/t5-/m0/s1. The van der Waals surface area contributed by atoms with E-state index in [-0.39, 0.29) is 6.42 Å². The van der Waals surface area contributed by atoms with Gasteiger partial charge in [-0.15, -0.1) is 0 Å². The molecule has 0 aliphatic heterocycles. The molecule has 0 aliphatic carbocycles. The fourth-order valence-corrected chi connectivity index (χ4v) is 1.06. The maximum atomic E-state index is 11.9. The second kappa shape index (κ2) is 4.85. The van der Waals surface area contributed by atoms with Crippen LogP contribution in [0.15, 0.2) is 12.5 Å². The van der Waals surface area contributed by atoms with Gasteiger partial charge in [-0.2, -0.15) is 13.2 Å². The molecule has 17 heavy (non-hydrogen) atoms. The first-order valence-corrected chi connectivity index (χ1v) is 4.38. The van der Waals surface area contributed by atoms with E-state index in [2.05, 4.69) is 9.97 Å². The Hall–Kier alpha value is -2.06. The molecular weight excluding hydrogens is 243 g/mol. The van der Waals surface area contributed by atoms with Gasteiger partial charge in [-0.3, -0.25) is 4.79 Å². The minimum absolute atomic E-state index is 0.305. The summed E-state index contributed by atoms with van der Waals surface area (Å²) in [7, 11) is 0. The van der Waals surface area contributed by atoms with Gasteiger partial charge in [0.1, 0.15) is 6.04 Å². The van der Waals surface area contributed by atoms with Crippen molar-refractivity contribution in [2.75, 3.05) is 0 Å². The first-order valence-electron chi connectivity index (χ1n) is 4.38. The van der Waals surface area contributed by atoms with Crippen LogP contribution >= 0.6 is 0 Å². The van der Waals surface area contributed by atoms with Crippen LogP contribution in [0.1, 0.15) is 5.69 Å². The van der Waals surface area contributed by atoms with Gasteiger partial charge in [0.15, 0.2) is 0 Å². The lowest BCUT2D eigenvalue weighted by Gasteiger charge is -2.14. The van der Waals surface area contributed by atoms with Crippen molar-refractivity contribution >= 4 is 11.9 Å². The number of hydrogen-bond acceptors (Lipinski definition) is 3. The Morgan fingerprint density at radius 3 is 2.59 bits per heavy atom. The molecule has 1 aromatic rings. The van der Waals surface area contributed by atoms with Crippen LogP contribution in [0.4, 0.5) is 13.2 Å². The van der Waals surface area contributed by atoms with Gasteiger partial charge < -0.3 is 15.4 Å². The lowest BCUT2D eigenvalue weighted by molar-refractivity contribution is -0.175. The minimum atomic E-state index is -5.11. The zero-order valence-corrected chi connectivity index (χ0v) is 8.28. The summed E-state index contributed by atoms with van der Waals surface area (Å²) in [4.78, 5) is 27.4. The highest BCUT2D eigenvalue weighted by Crippen LogP contribution is 2.15. The van der Waals surface area contributed by atoms with Crippen LogP contribution in [0.3, 0.4) is 0 Å². The number of aliphatic carboxylic acids is 1. The van der Waals surface area contributed by atoms with E-state index >= 15 is 0 Å². The van der Waals surface area contributed by atoms with Crippen LogP contribution in [-0.4, -0.2) is 39.2 Å². The van der Waals surface area contributed by atoms with Crippen LogP contribution in [0, 0.1) is 0 Å². The highest BCUT2D eigenvalue weighted by molar-refractivity contribution is 5.87. The third-order valence-electron chi connectivity index (χ3n) is 1.84. The van der Waals surface area contributed by atoms with E-state index in [1.165, 1.54) is 17.8 Å². The fraction of sp³-hybridized carbons (Fsp3) is 0.375.